The van der Waals surface area contributed by atoms with Crippen LogP contribution in [0.3, 0.4) is 0 Å². The molecule has 0 aliphatic heterocycles. The van der Waals surface area contributed by atoms with Gasteiger partial charge in [0.15, 0.2) is 5.82 Å². The molecule has 13 nitrogen and oxygen atoms in total. The van der Waals surface area contributed by atoms with Crippen LogP contribution in [0.15, 0.2) is 30.7 Å². The van der Waals surface area contributed by atoms with Crippen LogP contribution in [0.25, 0.3) is 5.52 Å². The number of aromatic nitrogens is 3. The Balaban J connectivity index is 1.55. The van der Waals surface area contributed by atoms with Crippen molar-refractivity contribution in [2.45, 2.75) is 58.9 Å². The Morgan fingerprint density at radius 3 is 2.66 bits per heavy atom. The molecular weight excluding hydrogens is 532 g/mol. The number of imide groups is 1. The first kappa shape index (κ1) is 29.2. The largest absolute Gasteiger partial charge is 0.428 e. The summed E-state index contributed by atoms with van der Waals surface area (Å²) in [5, 5.41) is 10.5. The number of nitrogens with zero attached hydrogens (tertiary/aromatic N) is 4. The molecule has 41 heavy (non-hydrogen) atoms. The number of hydrogen-bond donors (Lipinski definition) is 2. The van der Waals surface area contributed by atoms with Crippen LogP contribution >= 0.6 is 0 Å². The highest BCUT2D eigenvalue weighted by Gasteiger charge is 2.28. The molecule has 0 spiro atoms. The predicted octanol–water partition coefficient (Wildman–Crippen LogP) is 3.45. The maximum atomic E-state index is 13.5. The van der Waals surface area contributed by atoms with Crippen molar-refractivity contribution < 1.29 is 33.4 Å². The molecule has 2 heterocycles. The number of esters is 1. The average molecular weight is 565 g/mol. The van der Waals surface area contributed by atoms with Gasteiger partial charge in [-0.1, -0.05) is 13.0 Å². The lowest BCUT2D eigenvalue weighted by molar-refractivity contribution is -0.152. The molecule has 0 bridgehead atoms. The number of nitrogens with one attached hydrogen (secondary N) is 2. The van der Waals surface area contributed by atoms with E-state index >= 15 is 0 Å². The SMILES string of the molecule is CCCN(C(=O)OCOC(=O)CCC=O)C(=O)c1cn2ncnc(Nc3cc(C(=O)NC4CC4)ccc3C)c2c1C. The molecule has 1 aliphatic rings. The van der Waals surface area contributed by atoms with Crippen molar-refractivity contribution in [1.82, 2.24) is 24.8 Å². The van der Waals surface area contributed by atoms with Crippen LogP contribution in [0.5, 0.6) is 0 Å². The van der Waals surface area contributed by atoms with E-state index in [2.05, 4.69) is 20.7 Å². The van der Waals surface area contributed by atoms with Crippen LogP contribution in [0.4, 0.5) is 16.3 Å². The summed E-state index contributed by atoms with van der Waals surface area (Å²) >= 11 is 0. The third-order valence-electron chi connectivity index (χ3n) is 6.50. The minimum Gasteiger partial charge on any atom is -0.428 e. The maximum absolute atomic E-state index is 13.5. The van der Waals surface area contributed by atoms with Crippen molar-refractivity contribution in [3.8, 4) is 0 Å². The second kappa shape index (κ2) is 13.0. The summed E-state index contributed by atoms with van der Waals surface area (Å²) in [5.41, 5.74) is 3.30. The Kier molecular flexibility index (Phi) is 9.27. The van der Waals surface area contributed by atoms with Gasteiger partial charge in [0.05, 0.1) is 12.0 Å². The topological polar surface area (TPSA) is 161 Å². The Hall–Kier alpha value is -4.81. The number of aldehydes is 1. The van der Waals surface area contributed by atoms with Crippen molar-refractivity contribution in [2.75, 3.05) is 18.7 Å². The highest BCUT2D eigenvalue weighted by Crippen LogP contribution is 2.28. The van der Waals surface area contributed by atoms with Crippen LogP contribution < -0.4 is 10.6 Å². The molecule has 1 fully saturated rings. The van der Waals surface area contributed by atoms with E-state index < -0.39 is 24.8 Å². The molecular formula is C28H32N6O7. The normalized spacial score (nSPS) is 12.5. The zero-order valence-electron chi connectivity index (χ0n) is 23.1. The van der Waals surface area contributed by atoms with Gasteiger partial charge in [-0.25, -0.2) is 19.2 Å². The van der Waals surface area contributed by atoms with Crippen molar-refractivity contribution in [3.63, 3.8) is 0 Å². The molecule has 4 rings (SSSR count). The Morgan fingerprint density at radius 2 is 1.95 bits per heavy atom. The lowest BCUT2D eigenvalue weighted by Gasteiger charge is -2.19. The number of rotatable bonds is 12. The maximum Gasteiger partial charge on any atom is 0.419 e. The second-order valence-corrected chi connectivity index (χ2v) is 9.68. The summed E-state index contributed by atoms with van der Waals surface area (Å²) in [7, 11) is 0. The summed E-state index contributed by atoms with van der Waals surface area (Å²) in [5.74, 6) is -1.05. The molecule has 0 unspecified atom stereocenters. The lowest BCUT2D eigenvalue weighted by atomic mass is 10.1. The highest BCUT2D eigenvalue weighted by molar-refractivity contribution is 6.05. The zero-order valence-corrected chi connectivity index (χ0v) is 23.1. The Morgan fingerprint density at radius 1 is 1.17 bits per heavy atom. The van der Waals surface area contributed by atoms with Crippen LogP contribution in [0.2, 0.25) is 0 Å². The predicted molar refractivity (Wildman–Crippen MR) is 147 cm³/mol. The van der Waals surface area contributed by atoms with Gasteiger partial charge in [-0.15, -0.1) is 0 Å². The lowest BCUT2D eigenvalue weighted by Crippen LogP contribution is -2.38. The van der Waals surface area contributed by atoms with Crippen molar-refractivity contribution >= 4 is 47.2 Å². The fourth-order valence-corrected chi connectivity index (χ4v) is 4.11. The molecule has 0 radical (unpaired) electrons. The summed E-state index contributed by atoms with van der Waals surface area (Å²) in [4.78, 5) is 66.1. The van der Waals surface area contributed by atoms with Gasteiger partial charge in [0, 0.05) is 36.5 Å². The van der Waals surface area contributed by atoms with E-state index in [-0.39, 0.29) is 36.9 Å². The molecule has 1 saturated carbocycles. The number of hydrogen-bond acceptors (Lipinski definition) is 10. The first-order chi connectivity index (χ1) is 19.7. The fraction of sp³-hybridized carbons (Fsp3) is 0.393. The third kappa shape index (κ3) is 7.04. The first-order valence-corrected chi connectivity index (χ1v) is 13.3. The molecule has 0 atom stereocenters. The van der Waals surface area contributed by atoms with Gasteiger partial charge < -0.3 is 24.9 Å². The van der Waals surface area contributed by atoms with Gasteiger partial charge in [-0.2, -0.15) is 5.10 Å². The summed E-state index contributed by atoms with van der Waals surface area (Å²) in [6, 6.07) is 5.59. The minimum absolute atomic E-state index is 0.00475. The van der Waals surface area contributed by atoms with Gasteiger partial charge in [-0.3, -0.25) is 14.4 Å². The number of fused-ring (bicyclic) bond motifs is 1. The van der Waals surface area contributed by atoms with Gasteiger partial charge in [0.1, 0.15) is 18.1 Å². The minimum atomic E-state index is -0.976. The Labute approximate surface area is 236 Å². The van der Waals surface area contributed by atoms with Crippen molar-refractivity contribution in [3.05, 3.63) is 53.0 Å². The average Bonchev–Trinajstić information content (AvgIpc) is 3.71. The third-order valence-corrected chi connectivity index (χ3v) is 6.50. The van der Waals surface area contributed by atoms with E-state index in [4.69, 9.17) is 9.47 Å². The highest BCUT2D eigenvalue weighted by atomic mass is 16.7. The van der Waals surface area contributed by atoms with E-state index in [1.807, 2.05) is 13.0 Å². The van der Waals surface area contributed by atoms with Gasteiger partial charge in [0.2, 0.25) is 6.79 Å². The Bertz CT molecular complexity index is 1480. The van der Waals surface area contributed by atoms with Crippen LogP contribution in [-0.4, -0.2) is 69.0 Å². The summed E-state index contributed by atoms with van der Waals surface area (Å²) in [6.07, 6.45) is 4.73. The van der Waals surface area contributed by atoms with Gasteiger partial charge in [0.25, 0.3) is 11.8 Å². The fourth-order valence-electron chi connectivity index (χ4n) is 4.11. The monoisotopic (exact) mass is 564 g/mol. The molecule has 13 heteroatoms. The number of ether oxygens (including phenoxy) is 2. The molecule has 0 saturated heterocycles. The number of carbonyl (C=O) groups is 5. The molecule has 216 valence electrons. The number of amides is 3. The summed E-state index contributed by atoms with van der Waals surface area (Å²) < 4.78 is 11.3. The van der Waals surface area contributed by atoms with Crippen molar-refractivity contribution in [1.29, 1.82) is 0 Å². The molecule has 2 N–H and O–H groups in total. The number of benzene rings is 1. The number of anilines is 2. The number of carbonyl (C=O) groups excluding carboxylic acids is 5. The van der Waals surface area contributed by atoms with E-state index in [9.17, 15) is 24.0 Å². The van der Waals surface area contributed by atoms with Crippen molar-refractivity contribution in [2.24, 2.45) is 0 Å². The van der Waals surface area contributed by atoms with Gasteiger partial charge >= 0.3 is 12.1 Å². The molecule has 3 aromatic rings. The van der Waals surface area contributed by atoms with E-state index in [0.29, 0.717) is 40.9 Å². The first-order valence-electron chi connectivity index (χ1n) is 13.3. The standard InChI is InChI=1S/C28H32N6O7/c1-4-11-33(28(39)41-16-40-23(36)6-5-12-35)27(38)21-14-34-24(18(21)3)25(29-15-30-34)32-22-13-19(8-7-17(22)2)26(37)31-20-9-10-20/h7-8,12-15,20H,4-6,9-11,16H2,1-3H3,(H,31,37)(H,29,30,32). The van der Waals surface area contributed by atoms with Gasteiger partial charge in [-0.05, 0) is 56.4 Å². The molecule has 1 aromatic carbocycles. The van der Waals surface area contributed by atoms with Crippen LogP contribution in [0.1, 0.15) is 70.9 Å². The van der Waals surface area contributed by atoms with E-state index in [1.54, 1.807) is 26.0 Å². The van der Waals surface area contributed by atoms with Crippen LogP contribution in [-0.2, 0) is 19.1 Å². The van der Waals surface area contributed by atoms with E-state index in [0.717, 1.165) is 23.3 Å². The van der Waals surface area contributed by atoms with Crippen LogP contribution in [0, 0.1) is 13.8 Å². The quantitative estimate of drug-likeness (QED) is 0.189. The zero-order chi connectivity index (χ0) is 29.5. The smallest absolute Gasteiger partial charge is 0.419 e. The van der Waals surface area contributed by atoms with E-state index in [1.165, 1.54) is 17.0 Å². The molecule has 3 amide bonds. The second-order valence-electron chi connectivity index (χ2n) is 9.68. The summed E-state index contributed by atoms with van der Waals surface area (Å²) in [6.45, 7) is 4.79. The number of aryl methyl sites for hydroxylation is 2. The molecule has 1 aliphatic carbocycles. The molecule has 2 aromatic heterocycles.